The third-order valence-electron chi connectivity index (χ3n) is 23.8. The summed E-state index contributed by atoms with van der Waals surface area (Å²) in [7, 11) is 10.5. The number of carbonyl (C=O) groups is 2. The second-order valence-corrected chi connectivity index (χ2v) is 33.4. The van der Waals surface area contributed by atoms with Gasteiger partial charge in [0.25, 0.3) is 0 Å². The summed E-state index contributed by atoms with van der Waals surface area (Å²) in [4.78, 5) is 32.0. The minimum Gasteiger partial charge on any atom is -0.459 e. The first kappa shape index (κ1) is 89.6. The molecule has 6 fully saturated rings. The van der Waals surface area contributed by atoms with Crippen molar-refractivity contribution in [1.29, 1.82) is 0 Å². The monoisotopic (exact) mass is 1450 g/mol. The van der Waals surface area contributed by atoms with Gasteiger partial charge in [0, 0.05) is 56.9 Å². The number of nitrogens with zero attached hydrogens (tertiary/aromatic N) is 2. The maximum Gasteiger partial charge on any atom is 0.311 e. The zero-order chi connectivity index (χ0) is 77.1. The lowest BCUT2D eigenvalue weighted by Crippen LogP contribution is -2.61. The Labute approximate surface area is 602 Å². The average molecular weight is 1460 g/mol. The van der Waals surface area contributed by atoms with E-state index in [4.69, 9.17) is 56.8 Å². The van der Waals surface area contributed by atoms with Gasteiger partial charge in [-0.05, 0) is 174 Å². The molecule has 6 rings (SSSR count). The fourth-order valence-electron chi connectivity index (χ4n) is 17.3. The Kier molecular flexibility index (Phi) is 32.0. The van der Waals surface area contributed by atoms with Crippen LogP contribution in [0.3, 0.4) is 0 Å². The number of hydrogen-bond acceptors (Lipinski definition) is 27. The Morgan fingerprint density at radius 1 is 0.446 bits per heavy atom. The molecule has 11 N–H and O–H groups in total. The molecule has 0 amide bonds. The van der Waals surface area contributed by atoms with Crippen LogP contribution in [0, 0.1) is 47.3 Å². The lowest BCUT2D eigenvalue weighted by Gasteiger charge is -2.49. The summed E-state index contributed by atoms with van der Waals surface area (Å²) < 4.78 is 74.5. The van der Waals surface area contributed by atoms with Crippen LogP contribution < -0.4 is 0 Å². The molecule has 0 spiro atoms. The van der Waals surface area contributed by atoms with Crippen LogP contribution in [0.25, 0.3) is 0 Å². The van der Waals surface area contributed by atoms with Crippen molar-refractivity contribution in [2.75, 3.05) is 42.4 Å². The van der Waals surface area contributed by atoms with Gasteiger partial charge in [0.15, 0.2) is 25.2 Å². The molecule has 37 atom stereocenters. The zero-order valence-electron chi connectivity index (χ0n) is 65.8. The topological polar surface area (TPSA) is 374 Å². The average Bonchev–Trinajstić information content (AvgIpc) is 0.779. The molecule has 0 aliphatic carbocycles. The Morgan fingerprint density at radius 2 is 0.802 bits per heavy atom. The molecular weight excluding hydrogens is 1320 g/mol. The van der Waals surface area contributed by atoms with Crippen LogP contribution >= 0.6 is 0 Å². The lowest BCUT2D eigenvalue weighted by atomic mass is 9.73. The van der Waals surface area contributed by atoms with Crippen molar-refractivity contribution in [3.8, 4) is 0 Å². The number of likely N-dealkylation sites (N-methyl/N-ethyl adjacent to an activating group) is 2. The van der Waals surface area contributed by atoms with Gasteiger partial charge in [-0.1, -0.05) is 55.4 Å². The van der Waals surface area contributed by atoms with Gasteiger partial charge in [0.1, 0.15) is 47.8 Å². The molecule has 6 heterocycles. The summed E-state index contributed by atoms with van der Waals surface area (Å²) in [5.74, 6) is -7.05. The Hall–Kier alpha value is -1.98. The summed E-state index contributed by atoms with van der Waals surface area (Å²) in [5.41, 5.74) is -9.02. The SMILES string of the molecule is CC[C@H]1OC(=O)[C@H](C)[C@@H](O[C@H]2C[C@@](C)(OC)[C@@H](O)[C@H](C)O2)[C@H](C)[C@@H](O[C@@H]2O[C@H](C)C[C@H](N(C)C)[C@H]2O)[C@@](C)(O)C[C@@H](C)C(O)[C@H](C)[C@@H](O)[C@]1(C)O.CC[C@H]1OC(=O)[C@H](C)[C@@H](O[C@H]2C[C@@](C)(OC)[C@@H](O)[C@H](C)O2)[C@H](C)[C@@H](O[C@@H]2O[C@H](C)C[C@H](N(C)C)[C@H]2O)[C@@](C)(O)C[C@@H](C)C[C@H](C)[C@@H](O)[C@]1(C)O. The standard InChI is InChI=1S/C37H69NO13.C37H69NO12/c1-14-25-37(10,45)30(41)20(4)27(39)18(2)16-35(8,44)32(51-34-28(40)24(38(11)12)15-19(3)47-34)21(5)29(22(6)33(43)49-25)50-26-17-36(9,46-13)31(42)23(7)48-26;1-14-26-37(10,44)30(40)20(3)15-19(2)17-35(8,43)32(50-34-28(39)25(38(11)12)16-21(4)46-34)22(5)29(23(6)33(42)48-26)49-27-18-36(9,45-13)31(41)24(7)47-27/h18-32,34,39-42,44-45H,14-17H2,1-13H3;19-32,34,39-41,43-44H,14-18H2,1-13H3/t18-,19-,20+,21+,22-,23+,24+,25-,26+,27?,28-,29+,30-,31+,32-,34+,35+,36-,37-;19-,20-,21+,22-,23+,24-,25-,26+,27-,28+,29-,30+,31-,32+,34-,35-,36+,37+/m10/s1. The Balaban J connectivity index is 0.000000364. The highest BCUT2D eigenvalue weighted by Crippen LogP contribution is 2.45. The largest absolute Gasteiger partial charge is 0.459 e. The van der Waals surface area contributed by atoms with Gasteiger partial charge in [0.05, 0.1) is 101 Å². The van der Waals surface area contributed by atoms with Crippen molar-refractivity contribution in [3.63, 3.8) is 0 Å². The van der Waals surface area contributed by atoms with E-state index in [1.807, 2.05) is 72.6 Å². The molecule has 0 radical (unpaired) electrons. The second-order valence-electron chi connectivity index (χ2n) is 33.4. The number of ether oxygens (including phenoxy) is 12. The van der Waals surface area contributed by atoms with Crippen molar-refractivity contribution >= 4 is 11.9 Å². The summed E-state index contributed by atoms with van der Waals surface area (Å²) in [6.07, 6.45) is -18.0. The van der Waals surface area contributed by atoms with E-state index in [0.29, 0.717) is 19.3 Å². The number of carbonyl (C=O) groups excluding carboxylic acids is 2. The van der Waals surface area contributed by atoms with Crippen LogP contribution in [0.4, 0.5) is 0 Å². The van der Waals surface area contributed by atoms with E-state index in [-0.39, 0.29) is 68.7 Å². The minimum absolute atomic E-state index is 0.0362. The van der Waals surface area contributed by atoms with Gasteiger partial charge in [-0.15, -0.1) is 0 Å². The predicted octanol–water partition coefficient (Wildman–Crippen LogP) is 4.18. The van der Waals surface area contributed by atoms with E-state index < -0.39 is 204 Å². The van der Waals surface area contributed by atoms with Crippen molar-refractivity contribution in [2.24, 2.45) is 47.3 Å². The quantitative estimate of drug-likeness (QED) is 0.109. The first-order valence-electron chi connectivity index (χ1n) is 37.2. The molecule has 6 aliphatic rings. The molecule has 0 aromatic carbocycles. The van der Waals surface area contributed by atoms with Gasteiger partial charge in [-0.25, -0.2) is 0 Å². The van der Waals surface area contributed by atoms with Crippen LogP contribution in [0.2, 0.25) is 0 Å². The number of esters is 2. The van der Waals surface area contributed by atoms with E-state index in [2.05, 4.69) is 0 Å². The van der Waals surface area contributed by atoms with E-state index >= 15 is 0 Å². The first-order chi connectivity index (χ1) is 46.4. The number of aliphatic hydroxyl groups excluding tert-OH is 7. The summed E-state index contributed by atoms with van der Waals surface area (Å²) >= 11 is 0. The molecule has 1 unspecified atom stereocenters. The molecule has 0 aromatic rings. The second kappa shape index (κ2) is 36.0. The van der Waals surface area contributed by atoms with E-state index in [1.54, 1.807) is 90.0 Å². The van der Waals surface area contributed by atoms with Gasteiger partial charge in [-0.2, -0.15) is 0 Å². The Morgan fingerprint density at radius 3 is 1.15 bits per heavy atom. The van der Waals surface area contributed by atoms with Crippen molar-refractivity contribution in [2.45, 2.75) is 371 Å². The molecule has 6 aliphatic heterocycles. The molecule has 0 bridgehead atoms. The smallest absolute Gasteiger partial charge is 0.311 e. The van der Waals surface area contributed by atoms with Gasteiger partial charge in [0.2, 0.25) is 0 Å². The molecule has 594 valence electrons. The van der Waals surface area contributed by atoms with Crippen LogP contribution in [-0.4, -0.2) is 295 Å². The fourth-order valence-corrected chi connectivity index (χ4v) is 17.3. The number of hydrogen-bond donors (Lipinski definition) is 11. The fraction of sp³-hybridized carbons (Fsp3) is 0.973. The van der Waals surface area contributed by atoms with Crippen molar-refractivity contribution < 1.29 is 123 Å². The van der Waals surface area contributed by atoms with Gasteiger partial charge >= 0.3 is 11.9 Å². The molecule has 27 nitrogen and oxygen atoms in total. The Bertz CT molecular complexity index is 2550. The summed E-state index contributed by atoms with van der Waals surface area (Å²) in [6.45, 7) is 34.3. The minimum atomic E-state index is -1.93. The van der Waals surface area contributed by atoms with E-state index in [1.165, 1.54) is 28.1 Å². The van der Waals surface area contributed by atoms with E-state index in [9.17, 15) is 65.8 Å². The summed E-state index contributed by atoms with van der Waals surface area (Å²) in [5, 5.41) is 127. The lowest BCUT2D eigenvalue weighted by molar-refractivity contribution is -0.318. The molecule has 6 saturated heterocycles. The number of aliphatic hydroxyl groups is 11. The third-order valence-corrected chi connectivity index (χ3v) is 23.8. The molecular formula is C74H138N2O25. The predicted molar refractivity (Wildman–Crippen MR) is 373 cm³/mol. The van der Waals surface area contributed by atoms with Crippen molar-refractivity contribution in [1.82, 2.24) is 9.80 Å². The maximum atomic E-state index is 14.1. The van der Waals surface area contributed by atoms with Crippen LogP contribution in [0.1, 0.15) is 196 Å². The molecule has 101 heavy (non-hydrogen) atoms. The van der Waals surface area contributed by atoms with Gasteiger partial charge in [-0.3, -0.25) is 9.59 Å². The molecule has 0 aromatic heterocycles. The third kappa shape index (κ3) is 20.9. The number of rotatable bonds is 14. The van der Waals surface area contributed by atoms with E-state index in [0.717, 1.165) is 0 Å². The van der Waals surface area contributed by atoms with Crippen LogP contribution in [0.15, 0.2) is 0 Å². The van der Waals surface area contributed by atoms with Crippen LogP contribution in [-0.2, 0) is 66.4 Å². The molecule has 27 heteroatoms. The highest BCUT2D eigenvalue weighted by molar-refractivity contribution is 5.73. The number of methoxy groups -OCH3 is 2. The first-order valence-corrected chi connectivity index (χ1v) is 37.2. The normalized spacial score (nSPS) is 50.8. The zero-order valence-corrected chi connectivity index (χ0v) is 65.8. The maximum absolute atomic E-state index is 14.1. The summed E-state index contributed by atoms with van der Waals surface area (Å²) in [6, 6.07) is -0.575. The highest BCUT2D eigenvalue weighted by Gasteiger charge is 2.57. The van der Waals surface area contributed by atoms with Crippen LogP contribution in [0.5, 0.6) is 0 Å². The number of cyclic esters (lactones) is 2. The van der Waals surface area contributed by atoms with Crippen molar-refractivity contribution in [3.05, 3.63) is 0 Å². The highest BCUT2D eigenvalue weighted by atomic mass is 16.7. The molecule has 0 saturated carbocycles. The van der Waals surface area contributed by atoms with Gasteiger partial charge < -0.3 is 123 Å².